The van der Waals surface area contributed by atoms with Gasteiger partial charge in [0.25, 0.3) is 0 Å². The van der Waals surface area contributed by atoms with Crippen molar-refractivity contribution in [1.82, 2.24) is 14.6 Å². The Balaban J connectivity index is 1.72. The molecule has 0 aromatic carbocycles. The lowest BCUT2D eigenvalue weighted by molar-refractivity contribution is -0.274. The number of furan rings is 1. The molecule has 6 nitrogen and oxygen atoms in total. The van der Waals surface area contributed by atoms with Gasteiger partial charge < -0.3 is 14.8 Å². The van der Waals surface area contributed by atoms with Gasteiger partial charge in [-0.25, -0.2) is 9.50 Å². The first-order chi connectivity index (χ1) is 11.2. The highest BCUT2D eigenvalue weighted by atomic mass is 32.1. The fourth-order valence-corrected chi connectivity index (χ4v) is 3.14. The molecule has 1 atom stereocenters. The number of nitrogens with one attached hydrogen (secondary N) is 1. The summed E-state index contributed by atoms with van der Waals surface area (Å²) in [5.41, 5.74) is -2.25. The summed E-state index contributed by atoms with van der Waals surface area (Å²) in [6.45, 7) is 3.21. The van der Waals surface area contributed by atoms with Crippen LogP contribution in [0.4, 0.5) is 18.3 Å². The molecular weight excluding hydrogens is 345 g/mol. The first-order valence-electron chi connectivity index (χ1n) is 7.12. The Hall–Kier alpha value is -2.07. The average molecular weight is 360 g/mol. The highest BCUT2D eigenvalue weighted by Gasteiger charge is 2.56. The molecule has 0 saturated heterocycles. The van der Waals surface area contributed by atoms with Crippen molar-refractivity contribution >= 4 is 21.4 Å². The maximum atomic E-state index is 13.3. The molecule has 3 rings (SSSR count). The number of aromatic nitrogens is 3. The van der Waals surface area contributed by atoms with Gasteiger partial charge in [-0.15, -0.1) is 5.10 Å². The molecule has 0 aliphatic rings. The summed E-state index contributed by atoms with van der Waals surface area (Å²) >= 11 is 1.22. The second-order valence-corrected chi connectivity index (χ2v) is 6.42. The number of hydrogen-bond donors (Lipinski definition) is 2. The predicted octanol–water partition coefficient (Wildman–Crippen LogP) is 3.25. The summed E-state index contributed by atoms with van der Waals surface area (Å²) in [5, 5.41) is 17.5. The SMILES string of the molecule is Cc1cn2nc(NCCC(O)(c3ccc(C)o3)C(F)(F)F)sc2n1. The predicted molar refractivity (Wildman–Crippen MR) is 82.1 cm³/mol. The molecule has 1 unspecified atom stereocenters. The molecule has 0 amide bonds. The van der Waals surface area contributed by atoms with E-state index in [-0.39, 0.29) is 6.54 Å². The molecule has 130 valence electrons. The fourth-order valence-electron chi connectivity index (χ4n) is 2.29. The Bertz CT molecular complexity index is 822. The topological polar surface area (TPSA) is 75.6 Å². The van der Waals surface area contributed by atoms with Gasteiger partial charge in [0.2, 0.25) is 15.7 Å². The Morgan fingerprint density at radius 1 is 1.33 bits per heavy atom. The monoisotopic (exact) mass is 360 g/mol. The van der Waals surface area contributed by atoms with Crippen LogP contribution in [0.15, 0.2) is 22.7 Å². The molecule has 0 bridgehead atoms. The zero-order chi connectivity index (χ0) is 17.5. The summed E-state index contributed by atoms with van der Waals surface area (Å²) in [5.74, 6) is -0.212. The van der Waals surface area contributed by atoms with Crippen LogP contribution in [-0.2, 0) is 5.60 Å². The van der Waals surface area contributed by atoms with Crippen LogP contribution in [0.25, 0.3) is 4.96 Å². The zero-order valence-corrected chi connectivity index (χ0v) is 13.7. The van der Waals surface area contributed by atoms with Gasteiger partial charge in [-0.05, 0) is 26.0 Å². The molecule has 10 heteroatoms. The number of imidazole rings is 1. The number of anilines is 1. The van der Waals surface area contributed by atoms with Gasteiger partial charge in [-0.1, -0.05) is 11.3 Å². The van der Waals surface area contributed by atoms with Gasteiger partial charge >= 0.3 is 6.18 Å². The first kappa shape index (κ1) is 16.8. The van der Waals surface area contributed by atoms with Crippen molar-refractivity contribution in [2.75, 3.05) is 11.9 Å². The minimum absolute atomic E-state index is 0.134. The number of halogens is 3. The van der Waals surface area contributed by atoms with Crippen molar-refractivity contribution in [2.45, 2.75) is 32.0 Å². The Kier molecular flexibility index (Phi) is 4.04. The van der Waals surface area contributed by atoms with Crippen LogP contribution < -0.4 is 5.32 Å². The lowest BCUT2D eigenvalue weighted by Crippen LogP contribution is -2.43. The number of fused-ring (bicyclic) bond motifs is 1. The van der Waals surface area contributed by atoms with E-state index in [1.165, 1.54) is 24.3 Å². The normalized spacial score (nSPS) is 14.9. The maximum absolute atomic E-state index is 13.3. The quantitative estimate of drug-likeness (QED) is 0.730. The molecule has 2 N–H and O–H groups in total. The Labute approximate surface area is 138 Å². The van der Waals surface area contributed by atoms with E-state index in [4.69, 9.17) is 4.42 Å². The minimum atomic E-state index is -4.85. The smallest absolute Gasteiger partial charge is 0.424 e. The van der Waals surface area contributed by atoms with E-state index >= 15 is 0 Å². The number of hydrogen-bond acceptors (Lipinski definition) is 6. The van der Waals surface area contributed by atoms with Gasteiger partial charge in [-0.2, -0.15) is 13.2 Å². The number of aliphatic hydroxyl groups is 1. The lowest BCUT2D eigenvalue weighted by Gasteiger charge is -2.28. The minimum Gasteiger partial charge on any atom is -0.463 e. The van der Waals surface area contributed by atoms with Gasteiger partial charge in [0, 0.05) is 13.0 Å². The van der Waals surface area contributed by atoms with Crippen LogP contribution in [-0.4, -0.2) is 32.4 Å². The average Bonchev–Trinajstić information content (AvgIpc) is 3.12. The third kappa shape index (κ3) is 2.98. The van der Waals surface area contributed by atoms with E-state index in [0.29, 0.717) is 15.9 Å². The van der Waals surface area contributed by atoms with Crippen molar-refractivity contribution in [1.29, 1.82) is 0 Å². The molecule has 3 heterocycles. The summed E-state index contributed by atoms with van der Waals surface area (Å²) in [6, 6.07) is 2.53. The van der Waals surface area contributed by atoms with Crippen LogP contribution in [0.1, 0.15) is 23.6 Å². The molecule has 0 fully saturated rings. The van der Waals surface area contributed by atoms with Gasteiger partial charge in [0.15, 0.2) is 0 Å². The van der Waals surface area contributed by atoms with Crippen molar-refractivity contribution in [3.63, 3.8) is 0 Å². The van der Waals surface area contributed by atoms with Gasteiger partial charge in [0.05, 0.1) is 11.9 Å². The third-order valence-electron chi connectivity index (χ3n) is 3.54. The maximum Gasteiger partial charge on any atom is 0.424 e. The van der Waals surface area contributed by atoms with Crippen LogP contribution in [0.2, 0.25) is 0 Å². The summed E-state index contributed by atoms with van der Waals surface area (Å²) in [7, 11) is 0. The van der Waals surface area contributed by atoms with Crippen molar-refractivity contribution in [2.24, 2.45) is 0 Å². The lowest BCUT2D eigenvalue weighted by atomic mass is 9.96. The largest absolute Gasteiger partial charge is 0.463 e. The Morgan fingerprint density at radius 3 is 2.67 bits per heavy atom. The van der Waals surface area contributed by atoms with E-state index in [9.17, 15) is 18.3 Å². The highest BCUT2D eigenvalue weighted by molar-refractivity contribution is 7.20. The molecule has 0 aliphatic carbocycles. The molecular formula is C14H15F3N4O2S. The van der Waals surface area contributed by atoms with Crippen LogP contribution in [0.3, 0.4) is 0 Å². The molecule has 0 saturated carbocycles. The summed E-state index contributed by atoms with van der Waals surface area (Å²) in [6.07, 6.45) is -3.74. The number of rotatable bonds is 5. The van der Waals surface area contributed by atoms with E-state index < -0.39 is 24.0 Å². The summed E-state index contributed by atoms with van der Waals surface area (Å²) in [4.78, 5) is 4.86. The fraction of sp³-hybridized carbons (Fsp3) is 0.429. The van der Waals surface area contributed by atoms with E-state index in [1.54, 1.807) is 10.7 Å². The molecule has 3 aromatic heterocycles. The number of nitrogens with zero attached hydrogens (tertiary/aromatic N) is 3. The number of aryl methyl sites for hydroxylation is 2. The third-order valence-corrected chi connectivity index (χ3v) is 4.42. The van der Waals surface area contributed by atoms with Crippen molar-refractivity contribution < 1.29 is 22.7 Å². The van der Waals surface area contributed by atoms with Gasteiger partial charge in [-0.3, -0.25) is 0 Å². The second kappa shape index (κ2) is 5.78. The van der Waals surface area contributed by atoms with E-state index in [2.05, 4.69) is 15.4 Å². The standard InChI is InChI=1S/C14H15F3N4O2S/c1-8-7-21-12(19-8)24-11(20-21)18-6-5-13(22,14(15,16)17)10-4-3-9(2)23-10/h3-4,7,22H,5-6H2,1-2H3,(H,18,20). The Morgan fingerprint density at radius 2 is 2.08 bits per heavy atom. The highest BCUT2D eigenvalue weighted by Crippen LogP contribution is 2.42. The molecule has 0 radical (unpaired) electrons. The van der Waals surface area contributed by atoms with Crippen molar-refractivity contribution in [3.05, 3.63) is 35.5 Å². The molecule has 3 aromatic rings. The summed E-state index contributed by atoms with van der Waals surface area (Å²) < 4.78 is 46.5. The second-order valence-electron chi connectivity index (χ2n) is 5.46. The van der Waals surface area contributed by atoms with E-state index in [0.717, 1.165) is 11.8 Å². The molecule has 0 spiro atoms. The van der Waals surface area contributed by atoms with E-state index in [1.807, 2.05) is 6.92 Å². The molecule has 0 aliphatic heterocycles. The van der Waals surface area contributed by atoms with Crippen LogP contribution in [0.5, 0.6) is 0 Å². The van der Waals surface area contributed by atoms with Crippen molar-refractivity contribution in [3.8, 4) is 0 Å². The van der Waals surface area contributed by atoms with Gasteiger partial charge in [0.1, 0.15) is 11.5 Å². The zero-order valence-electron chi connectivity index (χ0n) is 12.9. The van der Waals surface area contributed by atoms with Crippen LogP contribution >= 0.6 is 11.3 Å². The first-order valence-corrected chi connectivity index (χ1v) is 7.93. The van der Waals surface area contributed by atoms with Crippen LogP contribution in [0, 0.1) is 13.8 Å². The molecule has 24 heavy (non-hydrogen) atoms. The number of alkyl halides is 3.